The number of nitro groups is 1. The van der Waals surface area contributed by atoms with Crippen LogP contribution in [0.15, 0.2) is 42.5 Å². The number of rotatable bonds is 2. The number of nitro benzene ring substituents is 1. The molecule has 2 aromatic carbocycles. The molecule has 0 aromatic heterocycles. The van der Waals surface area contributed by atoms with Gasteiger partial charge in [-0.2, -0.15) is 0 Å². The van der Waals surface area contributed by atoms with Crippen LogP contribution in [0.4, 0.5) is 11.4 Å². The van der Waals surface area contributed by atoms with E-state index < -0.39 is 0 Å². The van der Waals surface area contributed by atoms with Crippen LogP contribution in [0.25, 0.3) is 0 Å². The molecule has 2 aliphatic rings. The number of hydrogen-bond donors (Lipinski definition) is 1. The Kier molecular flexibility index (Phi) is 3.80. The van der Waals surface area contributed by atoms with Gasteiger partial charge in [0, 0.05) is 34.3 Å². The summed E-state index contributed by atoms with van der Waals surface area (Å²) in [5, 5.41) is 15.4. The molecule has 0 radical (unpaired) electrons. The predicted molar refractivity (Wildman–Crippen MR) is 100 cm³/mol. The Morgan fingerprint density at radius 2 is 2.04 bits per heavy atom. The summed E-state index contributed by atoms with van der Waals surface area (Å²) >= 11 is 6.43. The van der Waals surface area contributed by atoms with E-state index in [-0.39, 0.29) is 16.7 Å². The minimum absolute atomic E-state index is 0.0406. The zero-order valence-corrected chi connectivity index (χ0v) is 14.9. The molecular formula is C20H19ClN2O2. The Hall–Kier alpha value is -2.33. The highest BCUT2D eigenvalue weighted by atomic mass is 35.5. The predicted octanol–water partition coefficient (Wildman–Crippen LogP) is 5.69. The number of non-ortho nitro benzene ring substituents is 1. The van der Waals surface area contributed by atoms with Crippen molar-refractivity contribution in [3.63, 3.8) is 0 Å². The number of benzene rings is 2. The largest absolute Gasteiger partial charge is 0.378 e. The van der Waals surface area contributed by atoms with Gasteiger partial charge < -0.3 is 5.32 Å². The highest BCUT2D eigenvalue weighted by Gasteiger charge is 2.39. The number of hydrogen-bond acceptors (Lipinski definition) is 3. The third-order valence-electron chi connectivity index (χ3n) is 5.34. The third kappa shape index (κ3) is 2.61. The molecular weight excluding hydrogens is 336 g/mol. The Bertz CT molecular complexity index is 907. The van der Waals surface area contributed by atoms with Gasteiger partial charge in [0.2, 0.25) is 0 Å². The first-order chi connectivity index (χ1) is 12.0. The summed E-state index contributed by atoms with van der Waals surface area (Å²) in [6, 6.07) is 9.03. The lowest BCUT2D eigenvalue weighted by Gasteiger charge is -2.38. The molecule has 0 spiro atoms. The lowest BCUT2D eigenvalue weighted by atomic mass is 9.75. The Labute approximate surface area is 151 Å². The monoisotopic (exact) mass is 354 g/mol. The second kappa shape index (κ2) is 5.88. The normalized spacial score (nSPS) is 23.7. The molecule has 2 aromatic rings. The second-order valence-corrected chi connectivity index (χ2v) is 7.39. The van der Waals surface area contributed by atoms with Gasteiger partial charge >= 0.3 is 0 Å². The first-order valence-corrected chi connectivity index (χ1v) is 8.81. The topological polar surface area (TPSA) is 55.2 Å². The molecule has 3 atom stereocenters. The summed E-state index contributed by atoms with van der Waals surface area (Å²) in [4.78, 5) is 10.8. The van der Waals surface area contributed by atoms with E-state index in [1.165, 1.54) is 22.8 Å². The smallest absolute Gasteiger partial charge is 0.269 e. The molecule has 0 saturated heterocycles. The number of halogens is 1. The first-order valence-electron chi connectivity index (χ1n) is 8.44. The zero-order valence-electron chi connectivity index (χ0n) is 14.1. The van der Waals surface area contributed by atoms with Gasteiger partial charge in [0.1, 0.15) is 0 Å². The number of allylic oxidation sites excluding steroid dienone is 2. The molecule has 1 N–H and O–H groups in total. The molecule has 25 heavy (non-hydrogen) atoms. The summed E-state index contributed by atoms with van der Waals surface area (Å²) in [6.07, 6.45) is 5.42. The number of anilines is 1. The maximum Gasteiger partial charge on any atom is 0.269 e. The molecule has 0 saturated carbocycles. The van der Waals surface area contributed by atoms with E-state index in [1.807, 2.05) is 0 Å². The van der Waals surface area contributed by atoms with E-state index in [1.54, 1.807) is 12.1 Å². The van der Waals surface area contributed by atoms with Crippen LogP contribution in [0.2, 0.25) is 5.02 Å². The van der Waals surface area contributed by atoms with Crippen molar-refractivity contribution in [1.29, 1.82) is 0 Å². The average molecular weight is 355 g/mol. The number of nitrogens with one attached hydrogen (secondary N) is 1. The van der Waals surface area contributed by atoms with E-state index in [9.17, 15) is 10.1 Å². The fourth-order valence-electron chi connectivity index (χ4n) is 4.33. The standard InChI is InChI=1S/C20H19ClN2O2/c1-11-8-12(2)19-14-4-3-5-15(14)20(22-18(19)9-11)16-10-13(23(24)25)6-7-17(16)21/h3-4,6-10,14-15,20,22H,5H2,1-2H3/t14-,15+,20-/m1/s1. The van der Waals surface area contributed by atoms with Crippen LogP contribution >= 0.6 is 11.6 Å². The maximum absolute atomic E-state index is 11.2. The van der Waals surface area contributed by atoms with E-state index >= 15 is 0 Å². The number of aryl methyl sites for hydroxylation is 2. The maximum atomic E-state index is 11.2. The minimum Gasteiger partial charge on any atom is -0.378 e. The number of fused-ring (bicyclic) bond motifs is 3. The third-order valence-corrected chi connectivity index (χ3v) is 5.69. The van der Waals surface area contributed by atoms with Gasteiger partial charge in [-0.1, -0.05) is 29.8 Å². The van der Waals surface area contributed by atoms with Gasteiger partial charge in [-0.15, -0.1) is 0 Å². The van der Waals surface area contributed by atoms with Crippen molar-refractivity contribution in [1.82, 2.24) is 0 Å². The number of nitrogens with zero attached hydrogens (tertiary/aromatic N) is 1. The quantitative estimate of drug-likeness (QED) is 0.428. The molecule has 1 aliphatic heterocycles. The van der Waals surface area contributed by atoms with Crippen LogP contribution in [-0.2, 0) is 0 Å². The van der Waals surface area contributed by atoms with Crippen LogP contribution < -0.4 is 5.32 Å². The van der Waals surface area contributed by atoms with Gasteiger partial charge in [0.05, 0.1) is 11.0 Å². The summed E-state index contributed by atoms with van der Waals surface area (Å²) < 4.78 is 0. The van der Waals surface area contributed by atoms with Gasteiger partial charge in [-0.25, -0.2) is 0 Å². The minimum atomic E-state index is -0.366. The van der Waals surface area contributed by atoms with Crippen molar-refractivity contribution in [2.24, 2.45) is 5.92 Å². The fraction of sp³-hybridized carbons (Fsp3) is 0.300. The van der Waals surface area contributed by atoms with Crippen molar-refractivity contribution >= 4 is 23.0 Å². The second-order valence-electron chi connectivity index (χ2n) is 6.98. The lowest BCUT2D eigenvalue weighted by Crippen LogP contribution is -2.30. The van der Waals surface area contributed by atoms with Gasteiger partial charge in [0.15, 0.2) is 0 Å². The Morgan fingerprint density at radius 1 is 1.24 bits per heavy atom. The van der Waals surface area contributed by atoms with E-state index in [0.717, 1.165) is 17.7 Å². The van der Waals surface area contributed by atoms with Crippen molar-refractivity contribution in [3.8, 4) is 0 Å². The molecule has 0 unspecified atom stereocenters. The average Bonchev–Trinajstić information content (AvgIpc) is 3.03. The highest BCUT2D eigenvalue weighted by molar-refractivity contribution is 6.31. The summed E-state index contributed by atoms with van der Waals surface area (Å²) in [7, 11) is 0. The van der Waals surface area contributed by atoms with Crippen molar-refractivity contribution < 1.29 is 4.92 Å². The van der Waals surface area contributed by atoms with Crippen LogP contribution in [0.5, 0.6) is 0 Å². The molecule has 1 heterocycles. The molecule has 4 nitrogen and oxygen atoms in total. The molecule has 0 fully saturated rings. The Morgan fingerprint density at radius 3 is 2.80 bits per heavy atom. The SMILES string of the molecule is Cc1cc(C)c2c(c1)N[C@@H](c1cc([N+](=O)[O-])ccc1Cl)[C@H]1CC=C[C@@H]21. The highest BCUT2D eigenvalue weighted by Crippen LogP contribution is 2.52. The van der Waals surface area contributed by atoms with Crippen LogP contribution in [-0.4, -0.2) is 4.92 Å². The molecule has 1 aliphatic carbocycles. The van der Waals surface area contributed by atoms with E-state index in [0.29, 0.717) is 16.9 Å². The molecule has 0 amide bonds. The van der Waals surface area contributed by atoms with Crippen molar-refractivity contribution in [2.45, 2.75) is 32.2 Å². The fourth-order valence-corrected chi connectivity index (χ4v) is 4.57. The van der Waals surface area contributed by atoms with Gasteiger partial charge in [0.25, 0.3) is 5.69 Å². The molecule has 5 heteroatoms. The van der Waals surface area contributed by atoms with Crippen LogP contribution in [0, 0.1) is 29.9 Å². The molecule has 128 valence electrons. The van der Waals surface area contributed by atoms with Crippen LogP contribution in [0.3, 0.4) is 0 Å². The molecule has 4 rings (SSSR count). The molecule has 0 bridgehead atoms. The van der Waals surface area contributed by atoms with Crippen LogP contribution in [0.1, 0.15) is 40.6 Å². The Balaban J connectivity index is 1.85. The van der Waals surface area contributed by atoms with Gasteiger partial charge in [-0.3, -0.25) is 10.1 Å². The summed E-state index contributed by atoms with van der Waals surface area (Å²) in [6.45, 7) is 4.23. The van der Waals surface area contributed by atoms with E-state index in [2.05, 4.69) is 43.4 Å². The summed E-state index contributed by atoms with van der Waals surface area (Å²) in [5.74, 6) is 0.630. The van der Waals surface area contributed by atoms with Crippen molar-refractivity contribution in [2.75, 3.05) is 5.32 Å². The summed E-state index contributed by atoms with van der Waals surface area (Å²) in [5.41, 5.74) is 5.81. The zero-order chi connectivity index (χ0) is 17.7. The lowest BCUT2D eigenvalue weighted by molar-refractivity contribution is -0.384. The van der Waals surface area contributed by atoms with Gasteiger partial charge in [-0.05, 0) is 55.0 Å². The first kappa shape index (κ1) is 16.2. The van der Waals surface area contributed by atoms with E-state index in [4.69, 9.17) is 11.6 Å². The van der Waals surface area contributed by atoms with Crippen molar-refractivity contribution in [3.05, 3.63) is 79.9 Å².